The third kappa shape index (κ3) is 3.24. The van der Waals surface area contributed by atoms with E-state index in [4.69, 9.17) is 18.8 Å². The fraction of sp³-hybridized carbons (Fsp3) is 0.857. The van der Waals surface area contributed by atoms with Crippen LogP contribution in [0.3, 0.4) is 0 Å². The number of ether oxygens (including phenoxy) is 2. The zero-order valence-electron chi connectivity index (χ0n) is 13.2. The zero-order valence-corrected chi connectivity index (χ0v) is 13.2. The van der Waals surface area contributed by atoms with Gasteiger partial charge in [-0.2, -0.15) is 0 Å². The van der Waals surface area contributed by atoms with Gasteiger partial charge in [0.25, 0.3) is 0 Å². The molecule has 2 aliphatic rings. The molecule has 6 heteroatoms. The van der Waals surface area contributed by atoms with Gasteiger partial charge in [-0.3, -0.25) is 0 Å². The summed E-state index contributed by atoms with van der Waals surface area (Å²) in [5, 5.41) is 0. The van der Waals surface area contributed by atoms with Crippen LogP contribution in [0, 0.1) is 5.92 Å². The molecule has 2 heterocycles. The Bertz CT molecular complexity index is 380. The molecule has 2 fully saturated rings. The molecular formula is C14H24BFO4. The molecule has 0 aliphatic carbocycles. The van der Waals surface area contributed by atoms with Crippen LogP contribution < -0.4 is 0 Å². The summed E-state index contributed by atoms with van der Waals surface area (Å²) in [5.41, 5.74) is -1.49. The van der Waals surface area contributed by atoms with Crippen LogP contribution in [0.25, 0.3) is 0 Å². The molecule has 114 valence electrons. The van der Waals surface area contributed by atoms with Crippen LogP contribution in [0.2, 0.25) is 0 Å². The number of hydrogen-bond acceptors (Lipinski definition) is 4. The Kier molecular flexibility index (Phi) is 4.06. The molecule has 0 atom stereocenters. The van der Waals surface area contributed by atoms with Crippen molar-refractivity contribution >= 4 is 7.12 Å². The fourth-order valence-corrected chi connectivity index (χ4v) is 2.06. The first-order chi connectivity index (χ1) is 9.02. The van der Waals surface area contributed by atoms with Gasteiger partial charge < -0.3 is 18.8 Å². The summed E-state index contributed by atoms with van der Waals surface area (Å²) < 4.78 is 36.6. The van der Waals surface area contributed by atoms with Crippen LogP contribution in [-0.2, 0) is 18.8 Å². The van der Waals surface area contributed by atoms with Gasteiger partial charge in [0.2, 0.25) is 0 Å². The van der Waals surface area contributed by atoms with Gasteiger partial charge in [0.1, 0.15) is 5.73 Å². The summed E-state index contributed by atoms with van der Waals surface area (Å²) in [6.45, 7) is 12.1. The van der Waals surface area contributed by atoms with E-state index in [-0.39, 0.29) is 5.92 Å². The summed E-state index contributed by atoms with van der Waals surface area (Å²) in [5.74, 6) is -0.715. The third-order valence-corrected chi connectivity index (χ3v) is 4.16. The van der Waals surface area contributed by atoms with Crippen molar-refractivity contribution in [3.63, 3.8) is 0 Å². The van der Waals surface area contributed by atoms with Crippen LogP contribution >= 0.6 is 0 Å². The second-order valence-electron chi connectivity index (χ2n) is 6.92. The molecule has 0 saturated carbocycles. The summed E-state index contributed by atoms with van der Waals surface area (Å²) in [4.78, 5) is 0. The van der Waals surface area contributed by atoms with Gasteiger partial charge in [-0.1, -0.05) is 0 Å². The lowest BCUT2D eigenvalue weighted by atomic mass is 9.86. The van der Waals surface area contributed by atoms with E-state index in [2.05, 4.69) is 0 Å². The largest absolute Gasteiger partial charge is 0.524 e. The van der Waals surface area contributed by atoms with E-state index in [0.717, 1.165) is 0 Å². The molecule has 2 rings (SSSR count). The highest BCUT2D eigenvalue weighted by Crippen LogP contribution is 2.39. The molecule has 0 amide bonds. The minimum atomic E-state index is -0.949. The topological polar surface area (TPSA) is 36.9 Å². The van der Waals surface area contributed by atoms with Gasteiger partial charge in [-0.05, 0) is 47.6 Å². The first-order valence-electron chi connectivity index (χ1n) is 7.03. The first kappa shape index (κ1) is 16.0. The number of rotatable bonds is 2. The Hall–Kier alpha value is -0.425. The van der Waals surface area contributed by atoms with Crippen molar-refractivity contribution in [2.24, 2.45) is 5.92 Å². The molecule has 2 saturated heterocycles. The predicted octanol–water partition coefficient (Wildman–Crippen LogP) is 2.87. The van der Waals surface area contributed by atoms with Crippen LogP contribution in [0.5, 0.6) is 0 Å². The number of halogens is 1. The van der Waals surface area contributed by atoms with Crippen LogP contribution in [-0.4, -0.2) is 37.3 Å². The van der Waals surface area contributed by atoms with Crippen molar-refractivity contribution in [1.82, 2.24) is 0 Å². The summed E-state index contributed by atoms with van der Waals surface area (Å²) >= 11 is 0. The molecule has 0 unspecified atom stereocenters. The SMILES string of the molecule is CC1(C)OCC(C=C(F)B2OC(C)(C)C(C)(C)O2)CO1. The Balaban J connectivity index is 1.99. The van der Waals surface area contributed by atoms with Crippen LogP contribution in [0.4, 0.5) is 4.39 Å². The predicted molar refractivity (Wildman–Crippen MR) is 74.7 cm³/mol. The Labute approximate surface area is 120 Å². The average Bonchev–Trinajstić information content (AvgIpc) is 2.51. The van der Waals surface area contributed by atoms with E-state index in [1.807, 2.05) is 41.5 Å². The Morgan fingerprint density at radius 1 is 1.00 bits per heavy atom. The van der Waals surface area contributed by atoms with Gasteiger partial charge in [-0.25, -0.2) is 4.39 Å². The maximum absolute atomic E-state index is 14.3. The zero-order chi connectivity index (χ0) is 15.2. The van der Waals surface area contributed by atoms with E-state index >= 15 is 0 Å². The third-order valence-electron chi connectivity index (χ3n) is 4.16. The lowest BCUT2D eigenvalue weighted by molar-refractivity contribution is -0.256. The summed E-state index contributed by atoms with van der Waals surface area (Å²) in [6, 6.07) is 0. The molecule has 0 bridgehead atoms. The van der Waals surface area contributed by atoms with Crippen molar-refractivity contribution in [3.05, 3.63) is 11.8 Å². The van der Waals surface area contributed by atoms with Crippen molar-refractivity contribution in [3.8, 4) is 0 Å². The van der Waals surface area contributed by atoms with Gasteiger partial charge >= 0.3 is 7.12 Å². The van der Waals surface area contributed by atoms with E-state index in [1.165, 1.54) is 6.08 Å². The second kappa shape index (κ2) is 5.09. The van der Waals surface area contributed by atoms with Crippen molar-refractivity contribution in [1.29, 1.82) is 0 Å². The molecule has 20 heavy (non-hydrogen) atoms. The molecule has 4 nitrogen and oxygen atoms in total. The Morgan fingerprint density at radius 2 is 1.45 bits per heavy atom. The summed E-state index contributed by atoms with van der Waals surface area (Å²) in [6.07, 6.45) is 1.48. The number of hydrogen-bond donors (Lipinski definition) is 0. The molecule has 0 N–H and O–H groups in total. The van der Waals surface area contributed by atoms with Crippen molar-refractivity contribution < 1.29 is 23.2 Å². The Morgan fingerprint density at radius 3 is 1.90 bits per heavy atom. The first-order valence-corrected chi connectivity index (χ1v) is 7.03. The lowest BCUT2D eigenvalue weighted by Crippen LogP contribution is -2.41. The highest BCUT2D eigenvalue weighted by atomic mass is 19.1. The highest BCUT2D eigenvalue weighted by Gasteiger charge is 2.53. The fourth-order valence-electron chi connectivity index (χ4n) is 2.06. The molecule has 0 aromatic carbocycles. The second-order valence-corrected chi connectivity index (χ2v) is 6.92. The van der Waals surface area contributed by atoms with Crippen molar-refractivity contribution in [2.75, 3.05) is 13.2 Å². The van der Waals surface area contributed by atoms with Crippen molar-refractivity contribution in [2.45, 2.75) is 58.5 Å². The van der Waals surface area contributed by atoms with Gasteiger partial charge in [-0.15, -0.1) is 0 Å². The van der Waals surface area contributed by atoms with Gasteiger partial charge in [0, 0.05) is 5.92 Å². The summed E-state index contributed by atoms with van der Waals surface area (Å²) in [7, 11) is -0.949. The quantitative estimate of drug-likeness (QED) is 0.731. The van der Waals surface area contributed by atoms with Gasteiger partial charge in [0.15, 0.2) is 5.79 Å². The van der Waals surface area contributed by atoms with Crippen LogP contribution in [0.1, 0.15) is 41.5 Å². The maximum atomic E-state index is 14.3. The average molecular weight is 286 g/mol. The smallest absolute Gasteiger partial charge is 0.398 e. The lowest BCUT2D eigenvalue weighted by Gasteiger charge is -2.33. The maximum Gasteiger partial charge on any atom is 0.524 e. The molecule has 0 radical (unpaired) electrons. The standard InChI is InChI=1S/C14H24BFO4/c1-12(2)13(3,4)20-15(19-12)11(16)7-10-8-17-14(5,6)18-9-10/h7,10H,8-9H2,1-6H3. The highest BCUT2D eigenvalue weighted by molar-refractivity contribution is 6.53. The molecule has 0 aromatic heterocycles. The molecule has 0 spiro atoms. The monoisotopic (exact) mass is 286 g/mol. The van der Waals surface area contributed by atoms with E-state index < -0.39 is 29.8 Å². The molecule has 0 aromatic rings. The van der Waals surface area contributed by atoms with E-state index in [9.17, 15) is 4.39 Å². The van der Waals surface area contributed by atoms with Gasteiger partial charge in [0.05, 0.1) is 24.4 Å². The molecule has 2 aliphatic heterocycles. The van der Waals surface area contributed by atoms with E-state index in [1.54, 1.807) is 0 Å². The van der Waals surface area contributed by atoms with Crippen LogP contribution in [0.15, 0.2) is 11.8 Å². The molecular weight excluding hydrogens is 262 g/mol. The van der Waals surface area contributed by atoms with E-state index in [0.29, 0.717) is 13.2 Å². The minimum absolute atomic E-state index is 0.123. The minimum Gasteiger partial charge on any atom is -0.398 e. The normalized spacial score (nSPS) is 29.8.